The Balaban J connectivity index is 1.85. The lowest BCUT2D eigenvalue weighted by molar-refractivity contribution is 0.0931. The predicted molar refractivity (Wildman–Crippen MR) is 85.8 cm³/mol. The Hall–Kier alpha value is -1.65. The minimum Gasteiger partial charge on any atom is -0.345 e. The van der Waals surface area contributed by atoms with Gasteiger partial charge >= 0.3 is 0 Å². The monoisotopic (exact) mass is 355 g/mol. The predicted octanol–water partition coefficient (Wildman–Crippen LogP) is 5.15. The molecular formula is C17H13Cl2F2NO. The lowest BCUT2D eigenvalue weighted by Gasteiger charge is -2.19. The van der Waals surface area contributed by atoms with Crippen LogP contribution in [0.25, 0.3) is 0 Å². The number of hydrogen-bond donors (Lipinski definition) is 1. The van der Waals surface area contributed by atoms with Crippen molar-refractivity contribution in [2.24, 2.45) is 5.92 Å². The fourth-order valence-electron chi connectivity index (χ4n) is 2.49. The topological polar surface area (TPSA) is 29.1 Å². The summed E-state index contributed by atoms with van der Waals surface area (Å²) in [5, 5.41) is 3.35. The summed E-state index contributed by atoms with van der Waals surface area (Å²) in [4.78, 5) is 12.4. The molecule has 0 spiro atoms. The highest BCUT2D eigenvalue weighted by atomic mass is 35.5. The number of carbonyl (C=O) groups excluding carboxylic acids is 1. The second-order valence-corrected chi connectivity index (χ2v) is 6.43. The van der Waals surface area contributed by atoms with Crippen LogP contribution >= 0.6 is 23.2 Å². The third kappa shape index (κ3) is 3.65. The third-order valence-electron chi connectivity index (χ3n) is 3.86. The van der Waals surface area contributed by atoms with Gasteiger partial charge in [0.1, 0.15) is 0 Å². The maximum Gasteiger partial charge on any atom is 0.253 e. The average Bonchev–Trinajstić information content (AvgIpc) is 3.34. The highest BCUT2D eigenvalue weighted by Gasteiger charge is 2.34. The maximum absolute atomic E-state index is 13.4. The van der Waals surface area contributed by atoms with Gasteiger partial charge in [0.2, 0.25) is 0 Å². The first-order valence-electron chi connectivity index (χ1n) is 7.16. The van der Waals surface area contributed by atoms with Crippen molar-refractivity contribution in [1.82, 2.24) is 5.32 Å². The normalized spacial score (nSPS) is 15.3. The molecule has 6 heteroatoms. The summed E-state index contributed by atoms with van der Waals surface area (Å²) in [7, 11) is 0. The Bertz CT molecular complexity index is 745. The van der Waals surface area contributed by atoms with Crippen molar-refractivity contribution in [3.05, 3.63) is 69.2 Å². The van der Waals surface area contributed by atoms with Crippen LogP contribution in [0.1, 0.15) is 34.8 Å². The lowest BCUT2D eigenvalue weighted by atomic mass is 10.0. The van der Waals surface area contributed by atoms with E-state index in [-0.39, 0.29) is 16.6 Å². The van der Waals surface area contributed by atoms with E-state index in [0.717, 1.165) is 30.5 Å². The van der Waals surface area contributed by atoms with Crippen LogP contribution in [-0.2, 0) is 0 Å². The molecule has 0 bridgehead atoms. The molecule has 2 nitrogen and oxygen atoms in total. The zero-order valence-electron chi connectivity index (χ0n) is 12.0. The van der Waals surface area contributed by atoms with Gasteiger partial charge in [-0.05, 0) is 48.6 Å². The summed E-state index contributed by atoms with van der Waals surface area (Å²) >= 11 is 11.7. The van der Waals surface area contributed by atoms with Gasteiger partial charge in [0, 0.05) is 5.02 Å². The summed E-state index contributed by atoms with van der Waals surface area (Å²) in [5.41, 5.74) is 0.842. The number of hydrogen-bond acceptors (Lipinski definition) is 1. The molecule has 0 radical (unpaired) electrons. The molecule has 0 aromatic heterocycles. The molecule has 1 fully saturated rings. The molecule has 2 aromatic rings. The zero-order valence-corrected chi connectivity index (χ0v) is 13.5. The number of benzene rings is 2. The number of nitrogens with one attached hydrogen (secondary N) is 1. The summed E-state index contributed by atoms with van der Waals surface area (Å²) in [6, 6.07) is 8.62. The molecule has 1 aliphatic rings. The highest BCUT2D eigenvalue weighted by molar-refractivity contribution is 6.33. The van der Waals surface area contributed by atoms with Crippen LogP contribution in [0.15, 0.2) is 36.4 Å². The van der Waals surface area contributed by atoms with Gasteiger partial charge in [-0.2, -0.15) is 0 Å². The number of amides is 1. The Kier molecular flexibility index (Phi) is 4.55. The minimum atomic E-state index is -1.10. The Labute approximate surface area is 142 Å². The Morgan fingerprint density at radius 1 is 1.09 bits per heavy atom. The summed E-state index contributed by atoms with van der Waals surface area (Å²) < 4.78 is 26.5. The van der Waals surface area contributed by atoms with Crippen LogP contribution in [0.5, 0.6) is 0 Å². The van der Waals surface area contributed by atoms with Crippen LogP contribution in [-0.4, -0.2) is 5.91 Å². The van der Waals surface area contributed by atoms with E-state index < -0.39 is 17.5 Å². The first-order chi connectivity index (χ1) is 11.0. The van der Waals surface area contributed by atoms with Gasteiger partial charge in [-0.25, -0.2) is 8.78 Å². The molecule has 2 aromatic carbocycles. The van der Waals surface area contributed by atoms with Gasteiger partial charge in [-0.3, -0.25) is 4.79 Å². The summed E-state index contributed by atoms with van der Waals surface area (Å²) in [5.74, 6) is -2.39. The molecule has 0 aliphatic heterocycles. The maximum atomic E-state index is 13.4. The number of carbonyl (C=O) groups is 1. The van der Waals surface area contributed by atoms with E-state index in [4.69, 9.17) is 23.2 Å². The van der Waals surface area contributed by atoms with E-state index in [1.165, 1.54) is 0 Å². The molecule has 120 valence electrons. The van der Waals surface area contributed by atoms with Crippen molar-refractivity contribution >= 4 is 29.1 Å². The van der Waals surface area contributed by atoms with Crippen molar-refractivity contribution in [2.75, 3.05) is 0 Å². The SMILES string of the molecule is O=C(NC(c1ccc(Cl)cc1)C1CC1)c1cc(F)c(F)cc1Cl. The van der Waals surface area contributed by atoms with Gasteiger partial charge in [-0.1, -0.05) is 35.3 Å². The van der Waals surface area contributed by atoms with Gasteiger partial charge in [-0.15, -0.1) is 0 Å². The van der Waals surface area contributed by atoms with E-state index in [0.29, 0.717) is 10.9 Å². The van der Waals surface area contributed by atoms with E-state index in [9.17, 15) is 13.6 Å². The van der Waals surface area contributed by atoms with Crippen LogP contribution in [0.4, 0.5) is 8.78 Å². The highest BCUT2D eigenvalue weighted by Crippen LogP contribution is 2.41. The standard InChI is InChI=1S/C17H13Cl2F2NO/c18-11-5-3-10(4-6-11)16(9-1-2-9)22-17(23)12-7-14(20)15(21)8-13(12)19/h3-9,16H,1-2H2,(H,22,23). The van der Waals surface area contributed by atoms with Crippen molar-refractivity contribution < 1.29 is 13.6 Å². The lowest BCUT2D eigenvalue weighted by Crippen LogP contribution is -2.30. The molecule has 1 N–H and O–H groups in total. The third-order valence-corrected chi connectivity index (χ3v) is 4.43. The molecule has 3 rings (SSSR count). The first-order valence-corrected chi connectivity index (χ1v) is 7.92. The largest absolute Gasteiger partial charge is 0.345 e. The zero-order chi connectivity index (χ0) is 16.6. The van der Waals surface area contributed by atoms with Gasteiger partial charge in [0.05, 0.1) is 16.6 Å². The fourth-order valence-corrected chi connectivity index (χ4v) is 2.85. The Morgan fingerprint density at radius 3 is 2.30 bits per heavy atom. The van der Waals surface area contributed by atoms with Crippen molar-refractivity contribution in [1.29, 1.82) is 0 Å². The van der Waals surface area contributed by atoms with Crippen molar-refractivity contribution in [2.45, 2.75) is 18.9 Å². The minimum absolute atomic E-state index is 0.0785. The second kappa shape index (κ2) is 6.46. The molecule has 1 amide bonds. The van der Waals surface area contributed by atoms with Gasteiger partial charge in [0.25, 0.3) is 5.91 Å². The van der Waals surface area contributed by atoms with E-state index in [1.807, 2.05) is 12.1 Å². The molecule has 1 aliphatic carbocycles. The number of halogens is 4. The van der Waals surface area contributed by atoms with E-state index in [1.54, 1.807) is 12.1 Å². The molecule has 1 unspecified atom stereocenters. The van der Waals surface area contributed by atoms with Crippen LogP contribution in [0, 0.1) is 17.6 Å². The van der Waals surface area contributed by atoms with E-state index >= 15 is 0 Å². The first kappa shape index (κ1) is 16.2. The summed E-state index contributed by atoms with van der Waals surface area (Å²) in [6.45, 7) is 0. The average molecular weight is 356 g/mol. The van der Waals surface area contributed by atoms with Gasteiger partial charge in [0.15, 0.2) is 11.6 Å². The molecule has 0 saturated heterocycles. The van der Waals surface area contributed by atoms with Crippen molar-refractivity contribution in [3.63, 3.8) is 0 Å². The van der Waals surface area contributed by atoms with Gasteiger partial charge < -0.3 is 5.32 Å². The summed E-state index contributed by atoms with van der Waals surface area (Å²) in [6.07, 6.45) is 2.00. The molecule has 1 atom stereocenters. The molecule has 23 heavy (non-hydrogen) atoms. The quantitative estimate of drug-likeness (QED) is 0.754. The van der Waals surface area contributed by atoms with Crippen LogP contribution in [0.2, 0.25) is 10.0 Å². The smallest absolute Gasteiger partial charge is 0.253 e. The molecule has 0 heterocycles. The Morgan fingerprint density at radius 2 is 1.70 bits per heavy atom. The van der Waals surface area contributed by atoms with Crippen LogP contribution in [0.3, 0.4) is 0 Å². The number of rotatable bonds is 4. The molecular weight excluding hydrogens is 343 g/mol. The fraction of sp³-hybridized carbons (Fsp3) is 0.235. The molecule has 1 saturated carbocycles. The van der Waals surface area contributed by atoms with Crippen molar-refractivity contribution in [3.8, 4) is 0 Å². The second-order valence-electron chi connectivity index (χ2n) is 5.59. The van der Waals surface area contributed by atoms with E-state index in [2.05, 4.69) is 5.32 Å². The van der Waals surface area contributed by atoms with Crippen LogP contribution < -0.4 is 5.32 Å².